The third kappa shape index (κ3) is 7.46. The van der Waals surface area contributed by atoms with Gasteiger partial charge in [-0.3, -0.25) is 0 Å². The van der Waals surface area contributed by atoms with Crippen molar-refractivity contribution in [2.75, 3.05) is 6.79 Å². The van der Waals surface area contributed by atoms with Crippen LogP contribution in [0, 0.1) is 6.92 Å². The van der Waals surface area contributed by atoms with Crippen molar-refractivity contribution in [2.45, 2.75) is 89.4 Å². The van der Waals surface area contributed by atoms with E-state index in [4.69, 9.17) is 9.47 Å². The maximum atomic E-state index is 6.68. The number of ether oxygens (including phenoxy) is 2. The molecule has 0 saturated heterocycles. The second-order valence-electron chi connectivity index (χ2n) is 29.7. The first kappa shape index (κ1) is 56.0. The lowest BCUT2D eigenvalue weighted by Gasteiger charge is -2.36. The Kier molecular flexibility index (Phi) is 11.5. The van der Waals surface area contributed by atoms with Crippen LogP contribution in [0.4, 0.5) is 0 Å². The molecule has 0 N–H and O–H groups in total. The van der Waals surface area contributed by atoms with Crippen LogP contribution in [0.5, 0.6) is 11.5 Å². The first-order chi connectivity index (χ1) is 46.1. The summed E-state index contributed by atoms with van der Waals surface area (Å²) in [6.07, 6.45) is 0. The molecule has 95 heavy (non-hydrogen) atoms. The number of hydrogen-bond acceptors (Lipinski definition) is 2. The second kappa shape index (κ2) is 19.5. The smallest absolute Gasteiger partial charge is 0.231 e. The Hall–Kier alpha value is -10.5. The largest absolute Gasteiger partial charge is 0.454 e. The van der Waals surface area contributed by atoms with Gasteiger partial charge in [0.15, 0.2) is 11.5 Å². The van der Waals surface area contributed by atoms with E-state index in [-0.39, 0.29) is 28.5 Å². The van der Waals surface area contributed by atoms with Gasteiger partial charge in [-0.2, -0.15) is 0 Å². The van der Waals surface area contributed by atoms with Gasteiger partial charge in [-0.15, -0.1) is 0 Å². The summed E-state index contributed by atoms with van der Waals surface area (Å²) >= 11 is 0. The second-order valence-corrected chi connectivity index (χ2v) is 29.7. The Bertz CT molecular complexity index is 5030. The Balaban J connectivity index is 1.01. The molecule has 2 nitrogen and oxygen atoms in total. The van der Waals surface area contributed by atoms with Gasteiger partial charge in [-0.05, 0) is 239 Å². The van der Waals surface area contributed by atoms with Gasteiger partial charge in [0.05, 0.1) is 5.41 Å². The highest BCUT2D eigenvalue weighted by Crippen LogP contribution is 2.65. The standard InChI is InChI=1S/C93H72O2/c1-54-25-10-11-26-61(54)66-35-24-44-80-88(66)71-51-82-83(95-53-94-82)52-81(71)93(80,59-47-55(62-31-20-40-76-84(62)67-27-12-16-36-72(67)89(76,2)3)45-56(48-59)63-32-21-41-77-85(63)68-28-13-17-37-73(68)90(77,4)5)60-49-57(64-33-22-42-78-86(64)69-29-14-18-38-74(69)91(78,6)7)46-58(50-60)65-34-23-43-79-87(65)70-30-15-19-39-75(70)92(79,8)9/h10-52H,53H2,1-9H3. The number of benzene rings is 13. The normalized spacial score (nSPS) is 16.2. The first-order valence-electron chi connectivity index (χ1n) is 34.0. The summed E-state index contributed by atoms with van der Waals surface area (Å²) in [5, 5.41) is 0. The average Bonchev–Trinajstić information content (AvgIpc) is 1.56. The fraction of sp³-hybridized carbons (Fsp3) is 0.161. The lowest BCUT2D eigenvalue weighted by molar-refractivity contribution is 0.174. The summed E-state index contributed by atoms with van der Waals surface area (Å²) in [5.41, 5.74) is 39.6. The minimum atomic E-state index is -1.01. The predicted molar refractivity (Wildman–Crippen MR) is 392 cm³/mol. The molecule has 0 saturated carbocycles. The molecule has 0 spiro atoms. The van der Waals surface area contributed by atoms with Crippen molar-refractivity contribution in [3.05, 3.63) is 333 Å². The zero-order chi connectivity index (χ0) is 64.2. The molecule has 0 radical (unpaired) electrons. The van der Waals surface area contributed by atoms with Gasteiger partial charge in [0.25, 0.3) is 0 Å². The van der Waals surface area contributed by atoms with Crippen molar-refractivity contribution in [1.82, 2.24) is 0 Å². The topological polar surface area (TPSA) is 18.5 Å². The van der Waals surface area contributed by atoms with Crippen molar-refractivity contribution in [3.8, 4) is 123 Å². The summed E-state index contributed by atoms with van der Waals surface area (Å²) in [6, 6.07) is 101. The molecule has 0 amide bonds. The summed E-state index contributed by atoms with van der Waals surface area (Å²) < 4.78 is 13.2. The van der Waals surface area contributed by atoms with Crippen LogP contribution >= 0.6 is 0 Å². The molecule has 13 aromatic rings. The summed E-state index contributed by atoms with van der Waals surface area (Å²) in [4.78, 5) is 0. The number of hydrogen-bond donors (Lipinski definition) is 0. The summed E-state index contributed by atoms with van der Waals surface area (Å²) in [5.74, 6) is 1.52. The minimum absolute atomic E-state index is 0.151. The van der Waals surface area contributed by atoms with Crippen molar-refractivity contribution < 1.29 is 9.47 Å². The van der Waals surface area contributed by atoms with Crippen LogP contribution in [0.15, 0.2) is 261 Å². The van der Waals surface area contributed by atoms with Crippen molar-refractivity contribution in [1.29, 1.82) is 0 Å². The molecule has 0 unspecified atom stereocenters. The SMILES string of the molecule is Cc1ccccc1-c1cccc2c1-c1cc3c(cc1C2(c1cc(-c2cccc4c2-c2ccccc2C4(C)C)cc(-c2cccc4c2-c2ccccc2C4(C)C)c1)c1cc(-c2cccc4c2-c2ccccc2C4(C)C)cc(-c2cccc4c2-c2ccccc2C4(C)C)c1)OCO3. The maximum absolute atomic E-state index is 6.68. The van der Waals surface area contributed by atoms with E-state index in [0.717, 1.165) is 22.6 Å². The zero-order valence-corrected chi connectivity index (χ0v) is 55.3. The molecule has 456 valence electrons. The van der Waals surface area contributed by atoms with Crippen LogP contribution in [0.2, 0.25) is 0 Å². The molecule has 1 aliphatic heterocycles. The van der Waals surface area contributed by atoms with Crippen LogP contribution in [0.25, 0.3) is 111 Å². The number of fused-ring (bicyclic) bond motifs is 16. The lowest BCUT2D eigenvalue weighted by Crippen LogP contribution is -2.29. The number of aryl methyl sites for hydroxylation is 1. The molecule has 19 rings (SSSR count). The molecule has 0 aromatic heterocycles. The molecule has 0 bridgehead atoms. The molecule has 0 atom stereocenters. The molecule has 5 aliphatic carbocycles. The molecular formula is C93H72O2. The third-order valence-electron chi connectivity index (χ3n) is 23.5. The van der Waals surface area contributed by atoms with Gasteiger partial charge in [-0.1, -0.05) is 268 Å². The van der Waals surface area contributed by atoms with Crippen LogP contribution in [0.1, 0.15) is 128 Å². The van der Waals surface area contributed by atoms with Crippen LogP contribution in [-0.4, -0.2) is 6.79 Å². The summed E-state index contributed by atoms with van der Waals surface area (Å²) in [6.45, 7) is 21.6. The van der Waals surface area contributed by atoms with Crippen LogP contribution < -0.4 is 9.47 Å². The van der Waals surface area contributed by atoms with Gasteiger partial charge in [-0.25, -0.2) is 0 Å². The Morgan fingerprint density at radius 3 is 0.884 bits per heavy atom. The van der Waals surface area contributed by atoms with Gasteiger partial charge < -0.3 is 9.47 Å². The molecule has 2 heteroatoms. The van der Waals surface area contributed by atoms with Crippen LogP contribution in [0.3, 0.4) is 0 Å². The molecule has 1 heterocycles. The van der Waals surface area contributed by atoms with E-state index in [0.29, 0.717) is 0 Å². The van der Waals surface area contributed by atoms with Crippen molar-refractivity contribution in [2.24, 2.45) is 0 Å². The summed E-state index contributed by atoms with van der Waals surface area (Å²) in [7, 11) is 0. The molecule has 6 aliphatic rings. The van der Waals surface area contributed by atoms with E-state index in [1.807, 2.05) is 0 Å². The van der Waals surface area contributed by atoms with E-state index in [2.05, 4.69) is 323 Å². The fourth-order valence-corrected chi connectivity index (χ4v) is 18.9. The van der Waals surface area contributed by atoms with Gasteiger partial charge in [0.1, 0.15) is 0 Å². The highest BCUT2D eigenvalue weighted by atomic mass is 16.7. The molecule has 0 fully saturated rings. The Morgan fingerprint density at radius 2 is 0.516 bits per heavy atom. The first-order valence-corrected chi connectivity index (χ1v) is 34.0. The average molecular weight is 1220 g/mol. The van der Waals surface area contributed by atoms with Crippen molar-refractivity contribution in [3.63, 3.8) is 0 Å². The van der Waals surface area contributed by atoms with Gasteiger partial charge in [0, 0.05) is 21.7 Å². The zero-order valence-electron chi connectivity index (χ0n) is 55.3. The monoisotopic (exact) mass is 1220 g/mol. The lowest BCUT2D eigenvalue weighted by atomic mass is 9.65. The highest BCUT2D eigenvalue weighted by molar-refractivity contribution is 6.03. The maximum Gasteiger partial charge on any atom is 0.231 e. The quantitative estimate of drug-likeness (QED) is 0.158. The molecular weight excluding hydrogens is 1150 g/mol. The fourth-order valence-electron chi connectivity index (χ4n) is 18.9. The molecule has 13 aromatic carbocycles. The van der Waals surface area contributed by atoms with E-state index in [1.165, 1.54) is 172 Å². The Morgan fingerprint density at radius 1 is 0.232 bits per heavy atom. The third-order valence-corrected chi connectivity index (χ3v) is 23.5. The van der Waals surface area contributed by atoms with E-state index in [9.17, 15) is 0 Å². The number of rotatable bonds is 7. The van der Waals surface area contributed by atoms with E-state index < -0.39 is 5.41 Å². The van der Waals surface area contributed by atoms with Gasteiger partial charge in [0.2, 0.25) is 6.79 Å². The van der Waals surface area contributed by atoms with Crippen LogP contribution in [-0.2, 0) is 27.1 Å². The predicted octanol–water partition coefficient (Wildman–Crippen LogP) is 23.6. The van der Waals surface area contributed by atoms with Gasteiger partial charge >= 0.3 is 0 Å². The minimum Gasteiger partial charge on any atom is -0.454 e. The Labute approximate surface area is 558 Å². The highest BCUT2D eigenvalue weighted by Gasteiger charge is 2.51. The van der Waals surface area contributed by atoms with E-state index >= 15 is 0 Å². The van der Waals surface area contributed by atoms with Crippen molar-refractivity contribution >= 4 is 0 Å². The van der Waals surface area contributed by atoms with E-state index in [1.54, 1.807) is 0 Å².